The number of nitrogens with one attached hydrogen (secondary N) is 1. The summed E-state index contributed by atoms with van der Waals surface area (Å²) in [4.78, 5) is 27.5. The number of carbonyl (C=O) groups excluding carboxylic acids is 2. The molecule has 0 radical (unpaired) electrons. The van der Waals surface area contributed by atoms with Gasteiger partial charge in [-0.1, -0.05) is 66.7 Å². The number of benzene rings is 3. The minimum Gasteiger partial charge on any atom is -0.381 e. The first kappa shape index (κ1) is 23.0. The smallest absolute Gasteiger partial charge is 0.254 e. The molecule has 3 aromatic carbocycles. The van der Waals surface area contributed by atoms with Crippen LogP contribution in [-0.4, -0.2) is 49.6 Å². The molecule has 2 amide bonds. The maximum absolute atomic E-state index is 13.1. The van der Waals surface area contributed by atoms with E-state index in [1.54, 1.807) is 0 Å². The van der Waals surface area contributed by atoms with E-state index in [2.05, 4.69) is 17.4 Å². The Balaban J connectivity index is 1.14. The molecule has 1 fully saturated rings. The van der Waals surface area contributed by atoms with Gasteiger partial charge in [-0.15, -0.1) is 0 Å². The van der Waals surface area contributed by atoms with Crippen molar-refractivity contribution in [3.63, 3.8) is 0 Å². The first-order valence-corrected chi connectivity index (χ1v) is 11.9. The van der Waals surface area contributed by atoms with Crippen LogP contribution in [-0.2, 0) is 16.0 Å². The fourth-order valence-corrected chi connectivity index (χ4v) is 4.39. The van der Waals surface area contributed by atoms with E-state index in [0.717, 1.165) is 29.2 Å². The third kappa shape index (κ3) is 6.20. The van der Waals surface area contributed by atoms with Gasteiger partial charge in [0.1, 0.15) is 0 Å². The number of ether oxygens (including phenoxy) is 1. The molecular formula is C28H32N2O3. The lowest BCUT2D eigenvalue weighted by Crippen LogP contribution is -2.43. The van der Waals surface area contributed by atoms with Crippen LogP contribution in [0.25, 0.3) is 10.8 Å². The van der Waals surface area contributed by atoms with Crippen LogP contribution in [0.15, 0.2) is 72.8 Å². The molecule has 1 aliphatic rings. The number of hydrogen-bond donors (Lipinski definition) is 1. The lowest BCUT2D eigenvalue weighted by molar-refractivity contribution is -0.126. The molecule has 3 aromatic rings. The van der Waals surface area contributed by atoms with Crippen molar-refractivity contribution in [2.24, 2.45) is 5.92 Å². The Morgan fingerprint density at radius 3 is 2.42 bits per heavy atom. The summed E-state index contributed by atoms with van der Waals surface area (Å²) in [6.07, 6.45) is 3.12. The Kier molecular flexibility index (Phi) is 8.09. The SMILES string of the molecule is O=C(NCCCOCCc1ccccc1)C1CCN(C(=O)c2cccc3ccccc23)CC1. The molecule has 0 atom stereocenters. The fraction of sp³-hybridized carbons (Fsp3) is 0.357. The van der Waals surface area contributed by atoms with E-state index in [1.807, 2.05) is 65.6 Å². The molecule has 1 N–H and O–H groups in total. The van der Waals surface area contributed by atoms with E-state index in [0.29, 0.717) is 45.7 Å². The predicted molar refractivity (Wildman–Crippen MR) is 131 cm³/mol. The van der Waals surface area contributed by atoms with Gasteiger partial charge in [-0.25, -0.2) is 0 Å². The van der Waals surface area contributed by atoms with Crippen molar-refractivity contribution in [2.45, 2.75) is 25.7 Å². The summed E-state index contributed by atoms with van der Waals surface area (Å²) in [5.74, 6) is 0.121. The van der Waals surface area contributed by atoms with Crippen LogP contribution in [0, 0.1) is 5.92 Å². The molecule has 0 aromatic heterocycles. The number of hydrogen-bond acceptors (Lipinski definition) is 3. The van der Waals surface area contributed by atoms with Gasteiger partial charge >= 0.3 is 0 Å². The summed E-state index contributed by atoms with van der Waals surface area (Å²) < 4.78 is 5.68. The van der Waals surface area contributed by atoms with Gasteiger partial charge in [0.2, 0.25) is 5.91 Å². The van der Waals surface area contributed by atoms with Crippen LogP contribution in [0.5, 0.6) is 0 Å². The predicted octanol–water partition coefficient (Wildman–Crippen LogP) is 4.46. The summed E-state index contributed by atoms with van der Waals surface area (Å²) in [5.41, 5.74) is 2.01. The topological polar surface area (TPSA) is 58.6 Å². The molecular weight excluding hydrogens is 412 g/mol. The van der Waals surface area contributed by atoms with Crippen molar-refractivity contribution in [1.82, 2.24) is 10.2 Å². The van der Waals surface area contributed by atoms with Crippen molar-refractivity contribution in [2.75, 3.05) is 32.8 Å². The number of piperidine rings is 1. The van der Waals surface area contributed by atoms with Crippen LogP contribution < -0.4 is 5.32 Å². The number of amides is 2. The zero-order chi connectivity index (χ0) is 22.9. The summed E-state index contributed by atoms with van der Waals surface area (Å²) in [6.45, 7) is 3.19. The maximum Gasteiger partial charge on any atom is 0.254 e. The minimum atomic E-state index is -0.0273. The molecule has 0 unspecified atom stereocenters. The molecule has 0 bridgehead atoms. The van der Waals surface area contributed by atoms with Crippen LogP contribution in [0.3, 0.4) is 0 Å². The van der Waals surface area contributed by atoms with Crippen LogP contribution in [0.1, 0.15) is 35.2 Å². The van der Waals surface area contributed by atoms with E-state index >= 15 is 0 Å². The molecule has 1 saturated heterocycles. The van der Waals surface area contributed by atoms with Gasteiger partial charge in [-0.2, -0.15) is 0 Å². The Morgan fingerprint density at radius 1 is 0.879 bits per heavy atom. The normalized spacial score (nSPS) is 14.4. The molecule has 33 heavy (non-hydrogen) atoms. The zero-order valence-corrected chi connectivity index (χ0v) is 19.0. The highest BCUT2D eigenvalue weighted by atomic mass is 16.5. The number of carbonyl (C=O) groups is 2. The van der Waals surface area contributed by atoms with Crippen molar-refractivity contribution < 1.29 is 14.3 Å². The van der Waals surface area contributed by atoms with Crippen molar-refractivity contribution in [3.8, 4) is 0 Å². The molecule has 1 heterocycles. The highest BCUT2D eigenvalue weighted by molar-refractivity contribution is 6.07. The second-order valence-electron chi connectivity index (χ2n) is 8.59. The summed E-state index contributed by atoms with van der Waals surface area (Å²) in [6, 6.07) is 24.1. The third-order valence-electron chi connectivity index (χ3n) is 6.32. The highest BCUT2D eigenvalue weighted by Crippen LogP contribution is 2.23. The molecule has 0 spiro atoms. The van der Waals surface area contributed by atoms with E-state index in [1.165, 1.54) is 5.56 Å². The standard InChI is InChI=1S/C28H32N2O3/c31-27(29-17-7-20-33-21-16-22-8-2-1-3-9-22)24-14-18-30(19-15-24)28(32)26-13-6-11-23-10-4-5-12-25(23)26/h1-6,8-13,24H,7,14-21H2,(H,29,31). The van der Waals surface area contributed by atoms with Crippen LogP contribution in [0.2, 0.25) is 0 Å². The molecule has 1 aliphatic heterocycles. The Bertz CT molecular complexity index is 1050. The third-order valence-corrected chi connectivity index (χ3v) is 6.32. The van der Waals surface area contributed by atoms with E-state index in [4.69, 9.17) is 4.74 Å². The Hall–Kier alpha value is -3.18. The summed E-state index contributed by atoms with van der Waals surface area (Å²) in [5, 5.41) is 5.09. The van der Waals surface area contributed by atoms with Gasteiger partial charge in [0, 0.05) is 37.7 Å². The lowest BCUT2D eigenvalue weighted by atomic mass is 9.95. The number of rotatable bonds is 9. The quantitative estimate of drug-likeness (QED) is 0.496. The molecule has 5 nitrogen and oxygen atoms in total. The lowest BCUT2D eigenvalue weighted by Gasteiger charge is -2.31. The second-order valence-corrected chi connectivity index (χ2v) is 8.59. The van der Waals surface area contributed by atoms with Crippen molar-refractivity contribution in [3.05, 3.63) is 83.9 Å². The average molecular weight is 445 g/mol. The Morgan fingerprint density at radius 2 is 1.61 bits per heavy atom. The number of likely N-dealkylation sites (tertiary alicyclic amines) is 1. The minimum absolute atomic E-state index is 0.0273. The fourth-order valence-electron chi connectivity index (χ4n) is 4.39. The monoisotopic (exact) mass is 444 g/mol. The van der Waals surface area contributed by atoms with Crippen LogP contribution in [0.4, 0.5) is 0 Å². The Labute approximate surface area is 195 Å². The average Bonchev–Trinajstić information content (AvgIpc) is 2.88. The largest absolute Gasteiger partial charge is 0.381 e. The first-order valence-electron chi connectivity index (χ1n) is 11.9. The molecule has 172 valence electrons. The van der Waals surface area contributed by atoms with E-state index in [-0.39, 0.29) is 17.7 Å². The molecule has 0 aliphatic carbocycles. The number of fused-ring (bicyclic) bond motifs is 1. The number of nitrogens with zero attached hydrogens (tertiary/aromatic N) is 1. The van der Waals surface area contributed by atoms with Gasteiger partial charge in [0.05, 0.1) is 6.61 Å². The summed E-state index contributed by atoms with van der Waals surface area (Å²) in [7, 11) is 0. The maximum atomic E-state index is 13.1. The summed E-state index contributed by atoms with van der Waals surface area (Å²) >= 11 is 0. The first-order chi connectivity index (χ1) is 16.2. The molecule has 0 saturated carbocycles. The van der Waals surface area contributed by atoms with E-state index in [9.17, 15) is 9.59 Å². The zero-order valence-electron chi connectivity index (χ0n) is 19.0. The van der Waals surface area contributed by atoms with Crippen molar-refractivity contribution >= 4 is 22.6 Å². The van der Waals surface area contributed by atoms with Gasteiger partial charge < -0.3 is 15.0 Å². The molecule has 5 heteroatoms. The second kappa shape index (κ2) is 11.6. The van der Waals surface area contributed by atoms with E-state index < -0.39 is 0 Å². The van der Waals surface area contributed by atoms with Gasteiger partial charge in [-0.3, -0.25) is 9.59 Å². The van der Waals surface area contributed by atoms with Gasteiger partial charge in [0.25, 0.3) is 5.91 Å². The van der Waals surface area contributed by atoms with Gasteiger partial charge in [0.15, 0.2) is 0 Å². The van der Waals surface area contributed by atoms with Crippen molar-refractivity contribution in [1.29, 1.82) is 0 Å². The van der Waals surface area contributed by atoms with Gasteiger partial charge in [-0.05, 0) is 48.1 Å². The highest BCUT2D eigenvalue weighted by Gasteiger charge is 2.28. The molecule has 4 rings (SSSR count). The van der Waals surface area contributed by atoms with Crippen LogP contribution >= 0.6 is 0 Å².